The molecule has 0 radical (unpaired) electrons. The first-order valence-corrected chi connectivity index (χ1v) is 8.11. The van der Waals surface area contributed by atoms with E-state index in [0.29, 0.717) is 6.04 Å². The van der Waals surface area contributed by atoms with Crippen LogP contribution in [-0.4, -0.2) is 31.6 Å². The highest BCUT2D eigenvalue weighted by Crippen LogP contribution is 2.35. The van der Waals surface area contributed by atoms with Gasteiger partial charge in [-0.1, -0.05) is 37.1 Å². The van der Waals surface area contributed by atoms with Crippen LogP contribution in [0.4, 0.5) is 0 Å². The van der Waals surface area contributed by atoms with Crippen LogP contribution in [0.3, 0.4) is 0 Å². The summed E-state index contributed by atoms with van der Waals surface area (Å²) >= 11 is 0. The summed E-state index contributed by atoms with van der Waals surface area (Å²) in [6, 6.07) is 7.52. The first-order chi connectivity index (χ1) is 9.63. The van der Waals surface area contributed by atoms with Crippen LogP contribution in [0.2, 0.25) is 0 Å². The van der Waals surface area contributed by atoms with E-state index in [9.17, 15) is 0 Å². The van der Waals surface area contributed by atoms with Gasteiger partial charge in [0.15, 0.2) is 0 Å². The summed E-state index contributed by atoms with van der Waals surface area (Å²) in [5.74, 6) is 0.726. The van der Waals surface area contributed by atoms with E-state index >= 15 is 0 Å². The van der Waals surface area contributed by atoms with Crippen molar-refractivity contribution in [3.8, 4) is 0 Å². The largest absolute Gasteiger partial charge is 0.317 e. The Morgan fingerprint density at radius 3 is 2.75 bits per heavy atom. The van der Waals surface area contributed by atoms with Gasteiger partial charge in [-0.15, -0.1) is 0 Å². The van der Waals surface area contributed by atoms with Crippen LogP contribution < -0.4 is 5.32 Å². The van der Waals surface area contributed by atoms with E-state index in [1.807, 2.05) is 0 Å². The Kier molecular flexibility index (Phi) is 5.62. The molecule has 2 atom stereocenters. The Labute approximate surface area is 124 Å². The maximum atomic E-state index is 3.57. The van der Waals surface area contributed by atoms with Crippen molar-refractivity contribution in [3.05, 3.63) is 34.9 Å². The van der Waals surface area contributed by atoms with E-state index in [1.165, 1.54) is 42.5 Å². The third-order valence-corrected chi connectivity index (χ3v) is 4.66. The standard InChI is InChI=1S/C18H30N2/c1-5-19-13-16-8-6-7-11-20(4)18(16)17-10-9-14(2)12-15(17)3/h9-10,12,16,18-19H,5-8,11,13H2,1-4H3. The quantitative estimate of drug-likeness (QED) is 0.901. The monoisotopic (exact) mass is 274 g/mol. The van der Waals surface area contributed by atoms with Gasteiger partial charge in [-0.3, -0.25) is 4.90 Å². The Bertz CT molecular complexity index is 427. The smallest absolute Gasteiger partial charge is 0.0387 e. The number of benzene rings is 1. The molecule has 1 saturated heterocycles. The molecule has 20 heavy (non-hydrogen) atoms. The van der Waals surface area contributed by atoms with Crippen molar-refractivity contribution in [1.82, 2.24) is 10.2 Å². The number of aryl methyl sites for hydroxylation is 2. The fraction of sp³-hybridized carbons (Fsp3) is 0.667. The summed E-state index contributed by atoms with van der Waals surface area (Å²) in [5.41, 5.74) is 4.35. The maximum absolute atomic E-state index is 3.57. The molecule has 112 valence electrons. The van der Waals surface area contributed by atoms with Crippen molar-refractivity contribution in [1.29, 1.82) is 0 Å². The molecule has 1 aromatic carbocycles. The van der Waals surface area contributed by atoms with Crippen molar-refractivity contribution >= 4 is 0 Å². The average molecular weight is 274 g/mol. The molecule has 2 rings (SSSR count). The number of hydrogen-bond donors (Lipinski definition) is 1. The molecule has 0 bridgehead atoms. The topological polar surface area (TPSA) is 15.3 Å². The number of rotatable bonds is 4. The summed E-state index contributed by atoms with van der Waals surface area (Å²) in [4.78, 5) is 2.58. The lowest BCUT2D eigenvalue weighted by Crippen LogP contribution is -2.35. The summed E-state index contributed by atoms with van der Waals surface area (Å²) in [5, 5.41) is 3.57. The number of likely N-dealkylation sites (tertiary alicyclic amines) is 1. The predicted molar refractivity (Wildman–Crippen MR) is 87.2 cm³/mol. The van der Waals surface area contributed by atoms with E-state index in [-0.39, 0.29) is 0 Å². The molecule has 1 fully saturated rings. The first-order valence-electron chi connectivity index (χ1n) is 8.11. The molecule has 2 heteroatoms. The molecular weight excluding hydrogens is 244 g/mol. The molecule has 1 N–H and O–H groups in total. The van der Waals surface area contributed by atoms with Gasteiger partial charge < -0.3 is 5.32 Å². The highest BCUT2D eigenvalue weighted by Gasteiger charge is 2.29. The van der Waals surface area contributed by atoms with Crippen molar-refractivity contribution in [2.45, 2.75) is 46.1 Å². The van der Waals surface area contributed by atoms with Crippen LogP contribution in [0.1, 0.15) is 48.9 Å². The van der Waals surface area contributed by atoms with Crippen LogP contribution in [-0.2, 0) is 0 Å². The molecule has 1 aliphatic rings. The second-order valence-electron chi connectivity index (χ2n) is 6.35. The molecule has 2 unspecified atom stereocenters. The summed E-state index contributed by atoms with van der Waals surface area (Å²) in [6.07, 6.45) is 4.04. The minimum atomic E-state index is 0.567. The number of hydrogen-bond acceptors (Lipinski definition) is 2. The van der Waals surface area contributed by atoms with E-state index in [4.69, 9.17) is 0 Å². The van der Waals surface area contributed by atoms with E-state index in [1.54, 1.807) is 0 Å². The van der Waals surface area contributed by atoms with E-state index in [2.05, 4.69) is 56.2 Å². The summed E-state index contributed by atoms with van der Waals surface area (Å²) in [7, 11) is 2.30. The first kappa shape index (κ1) is 15.5. The fourth-order valence-electron chi connectivity index (χ4n) is 3.62. The lowest BCUT2D eigenvalue weighted by atomic mass is 9.86. The van der Waals surface area contributed by atoms with Crippen molar-refractivity contribution in [2.24, 2.45) is 5.92 Å². The third-order valence-electron chi connectivity index (χ3n) is 4.66. The summed E-state index contributed by atoms with van der Waals surface area (Å²) in [6.45, 7) is 10.1. The lowest BCUT2D eigenvalue weighted by Gasteiger charge is -2.34. The predicted octanol–water partition coefficient (Wildman–Crippen LogP) is 3.69. The number of nitrogens with one attached hydrogen (secondary N) is 1. The van der Waals surface area contributed by atoms with Gasteiger partial charge in [-0.05, 0) is 70.4 Å². The van der Waals surface area contributed by atoms with Gasteiger partial charge in [-0.25, -0.2) is 0 Å². The van der Waals surface area contributed by atoms with Gasteiger partial charge >= 0.3 is 0 Å². The maximum Gasteiger partial charge on any atom is 0.0387 e. The van der Waals surface area contributed by atoms with E-state index in [0.717, 1.165) is 19.0 Å². The number of nitrogens with zero attached hydrogens (tertiary/aromatic N) is 1. The van der Waals surface area contributed by atoms with E-state index < -0.39 is 0 Å². The van der Waals surface area contributed by atoms with Gasteiger partial charge in [-0.2, -0.15) is 0 Å². The fourth-order valence-corrected chi connectivity index (χ4v) is 3.62. The van der Waals surface area contributed by atoms with Gasteiger partial charge in [0.2, 0.25) is 0 Å². The van der Waals surface area contributed by atoms with Crippen LogP contribution in [0, 0.1) is 19.8 Å². The molecule has 0 aliphatic carbocycles. The molecule has 2 nitrogen and oxygen atoms in total. The molecule has 0 spiro atoms. The van der Waals surface area contributed by atoms with Crippen LogP contribution in [0.5, 0.6) is 0 Å². The second kappa shape index (κ2) is 7.24. The highest BCUT2D eigenvalue weighted by atomic mass is 15.1. The Balaban J connectivity index is 2.29. The van der Waals surface area contributed by atoms with Gasteiger partial charge in [0.05, 0.1) is 0 Å². The SMILES string of the molecule is CCNCC1CCCCN(C)C1c1ccc(C)cc1C. The third kappa shape index (κ3) is 3.62. The minimum absolute atomic E-state index is 0.567. The Morgan fingerprint density at radius 2 is 2.05 bits per heavy atom. The highest BCUT2D eigenvalue weighted by molar-refractivity contribution is 5.33. The van der Waals surface area contributed by atoms with Crippen molar-refractivity contribution < 1.29 is 0 Å². The molecule has 0 aromatic heterocycles. The molecule has 1 aliphatic heterocycles. The van der Waals surface area contributed by atoms with Crippen LogP contribution >= 0.6 is 0 Å². The van der Waals surface area contributed by atoms with Gasteiger partial charge in [0, 0.05) is 6.04 Å². The molecule has 0 amide bonds. The van der Waals surface area contributed by atoms with Crippen molar-refractivity contribution in [3.63, 3.8) is 0 Å². The molecule has 1 heterocycles. The van der Waals surface area contributed by atoms with Crippen LogP contribution in [0.25, 0.3) is 0 Å². The second-order valence-corrected chi connectivity index (χ2v) is 6.35. The molecule has 1 aromatic rings. The average Bonchev–Trinajstić information content (AvgIpc) is 2.59. The van der Waals surface area contributed by atoms with Gasteiger partial charge in [0.1, 0.15) is 0 Å². The Hall–Kier alpha value is -0.860. The van der Waals surface area contributed by atoms with Gasteiger partial charge in [0.25, 0.3) is 0 Å². The normalized spacial score (nSPS) is 24.6. The Morgan fingerprint density at radius 1 is 1.25 bits per heavy atom. The lowest BCUT2D eigenvalue weighted by molar-refractivity contribution is 0.189. The zero-order valence-corrected chi connectivity index (χ0v) is 13.6. The summed E-state index contributed by atoms with van der Waals surface area (Å²) < 4.78 is 0. The van der Waals surface area contributed by atoms with Crippen LogP contribution in [0.15, 0.2) is 18.2 Å². The molecule has 0 saturated carbocycles. The zero-order chi connectivity index (χ0) is 14.5. The molecular formula is C18H30N2. The zero-order valence-electron chi connectivity index (χ0n) is 13.6. The van der Waals surface area contributed by atoms with Crippen molar-refractivity contribution in [2.75, 3.05) is 26.7 Å². The minimum Gasteiger partial charge on any atom is -0.317 e.